The minimum Gasteiger partial charge on any atom is -0.481 e. The Balaban J connectivity index is 2.04. The number of hydrogen-bond donors (Lipinski definition) is 1. The van der Waals surface area contributed by atoms with E-state index >= 15 is 0 Å². The molecule has 1 atom stereocenters. The molecule has 0 saturated carbocycles. The average molecular weight is 233 g/mol. The lowest BCUT2D eigenvalue weighted by atomic mass is 10.00. The lowest BCUT2D eigenvalue weighted by Gasteiger charge is -2.17. The molecule has 1 aliphatic rings. The molecule has 0 bridgehead atoms. The summed E-state index contributed by atoms with van der Waals surface area (Å²) < 4.78 is 6.87. The summed E-state index contributed by atoms with van der Waals surface area (Å²) in [5, 5.41) is 13.4. The molecular weight excluding hydrogens is 222 g/mol. The van der Waals surface area contributed by atoms with E-state index in [2.05, 4.69) is 10.1 Å². The second kappa shape index (κ2) is 3.73. The van der Waals surface area contributed by atoms with Gasteiger partial charge in [0.15, 0.2) is 5.76 Å². The molecule has 6 nitrogen and oxygen atoms in total. The van der Waals surface area contributed by atoms with E-state index in [0.29, 0.717) is 30.4 Å². The van der Waals surface area contributed by atoms with Gasteiger partial charge in [-0.15, -0.1) is 5.10 Å². The SMILES string of the molecule is O=C(O)C1CCCn2nc(-c3ccco3)nc21. The summed E-state index contributed by atoms with van der Waals surface area (Å²) in [6.45, 7) is 0.715. The summed E-state index contributed by atoms with van der Waals surface area (Å²) >= 11 is 0. The van der Waals surface area contributed by atoms with Gasteiger partial charge in [0, 0.05) is 6.54 Å². The van der Waals surface area contributed by atoms with Gasteiger partial charge in [-0.25, -0.2) is 9.67 Å². The minimum absolute atomic E-state index is 0.457. The van der Waals surface area contributed by atoms with E-state index in [-0.39, 0.29) is 0 Å². The first-order valence-corrected chi connectivity index (χ1v) is 5.47. The number of aromatic nitrogens is 3. The van der Waals surface area contributed by atoms with E-state index in [0.717, 1.165) is 6.42 Å². The van der Waals surface area contributed by atoms with E-state index < -0.39 is 11.9 Å². The van der Waals surface area contributed by atoms with Crippen LogP contribution in [0.2, 0.25) is 0 Å². The molecule has 1 unspecified atom stereocenters. The monoisotopic (exact) mass is 233 g/mol. The molecule has 0 amide bonds. The number of furan rings is 1. The normalized spacial score (nSPS) is 18.9. The summed E-state index contributed by atoms with van der Waals surface area (Å²) in [7, 11) is 0. The molecule has 0 radical (unpaired) electrons. The molecule has 0 aromatic carbocycles. The number of hydrogen-bond acceptors (Lipinski definition) is 4. The van der Waals surface area contributed by atoms with Gasteiger partial charge in [-0.1, -0.05) is 0 Å². The minimum atomic E-state index is -0.843. The van der Waals surface area contributed by atoms with Crippen molar-refractivity contribution in [3.05, 3.63) is 24.2 Å². The molecular formula is C11H11N3O3. The molecule has 1 N–H and O–H groups in total. The van der Waals surface area contributed by atoms with Crippen molar-refractivity contribution >= 4 is 5.97 Å². The molecule has 0 saturated heterocycles. The number of rotatable bonds is 2. The molecule has 0 aliphatic carbocycles. The number of fused-ring (bicyclic) bond motifs is 1. The molecule has 88 valence electrons. The lowest BCUT2D eigenvalue weighted by Crippen LogP contribution is -2.22. The third-order valence-corrected chi connectivity index (χ3v) is 2.91. The van der Waals surface area contributed by atoms with Crippen LogP contribution in [-0.4, -0.2) is 25.8 Å². The maximum absolute atomic E-state index is 11.1. The van der Waals surface area contributed by atoms with Gasteiger partial charge in [0.2, 0.25) is 5.82 Å². The van der Waals surface area contributed by atoms with Gasteiger partial charge in [-0.05, 0) is 25.0 Å². The van der Waals surface area contributed by atoms with Crippen LogP contribution in [0.15, 0.2) is 22.8 Å². The predicted molar refractivity (Wildman–Crippen MR) is 57.3 cm³/mol. The Morgan fingerprint density at radius 2 is 2.47 bits per heavy atom. The maximum atomic E-state index is 11.1. The van der Waals surface area contributed by atoms with Gasteiger partial charge in [0.25, 0.3) is 0 Å². The molecule has 0 spiro atoms. The molecule has 3 heterocycles. The molecule has 2 aromatic rings. The van der Waals surface area contributed by atoms with E-state index in [9.17, 15) is 4.79 Å². The Bertz CT molecular complexity index is 544. The standard InChI is InChI=1S/C11H11N3O3/c15-11(16)7-3-1-5-14-10(7)12-9(13-14)8-4-2-6-17-8/h2,4,6-7H,1,3,5H2,(H,15,16). The Hall–Kier alpha value is -2.11. The van der Waals surface area contributed by atoms with Crippen molar-refractivity contribution in [3.8, 4) is 11.6 Å². The fraction of sp³-hybridized carbons (Fsp3) is 0.364. The Morgan fingerprint density at radius 3 is 3.18 bits per heavy atom. The van der Waals surface area contributed by atoms with Crippen molar-refractivity contribution in [2.75, 3.05) is 0 Å². The fourth-order valence-corrected chi connectivity index (χ4v) is 2.09. The van der Waals surface area contributed by atoms with Crippen LogP contribution in [0.25, 0.3) is 11.6 Å². The van der Waals surface area contributed by atoms with Gasteiger partial charge >= 0.3 is 5.97 Å². The summed E-state index contributed by atoms with van der Waals surface area (Å²) in [4.78, 5) is 15.4. The zero-order valence-electron chi connectivity index (χ0n) is 9.04. The zero-order chi connectivity index (χ0) is 11.8. The third-order valence-electron chi connectivity index (χ3n) is 2.91. The van der Waals surface area contributed by atoms with Gasteiger partial charge in [-0.2, -0.15) is 0 Å². The summed E-state index contributed by atoms with van der Waals surface area (Å²) in [5.74, 6) is 0.147. The van der Waals surface area contributed by atoms with Crippen LogP contribution in [0.4, 0.5) is 0 Å². The van der Waals surface area contributed by atoms with Crippen LogP contribution in [0.5, 0.6) is 0 Å². The first-order valence-electron chi connectivity index (χ1n) is 5.47. The smallest absolute Gasteiger partial charge is 0.314 e. The summed E-state index contributed by atoms with van der Waals surface area (Å²) in [6.07, 6.45) is 2.97. The summed E-state index contributed by atoms with van der Waals surface area (Å²) in [6, 6.07) is 3.52. The number of carboxylic acid groups (broad SMARTS) is 1. The first kappa shape index (κ1) is 10.1. The highest BCUT2D eigenvalue weighted by Crippen LogP contribution is 2.28. The Morgan fingerprint density at radius 1 is 1.59 bits per heavy atom. The highest BCUT2D eigenvalue weighted by atomic mass is 16.4. The maximum Gasteiger partial charge on any atom is 0.314 e. The summed E-state index contributed by atoms with van der Waals surface area (Å²) in [5.41, 5.74) is 0. The van der Waals surface area contributed by atoms with Crippen molar-refractivity contribution in [2.45, 2.75) is 25.3 Å². The fourth-order valence-electron chi connectivity index (χ4n) is 2.09. The number of nitrogens with zero attached hydrogens (tertiary/aromatic N) is 3. The quantitative estimate of drug-likeness (QED) is 0.850. The number of aryl methyl sites for hydroxylation is 1. The average Bonchev–Trinajstić information content (AvgIpc) is 2.96. The van der Waals surface area contributed by atoms with Gasteiger partial charge in [-0.3, -0.25) is 4.79 Å². The zero-order valence-corrected chi connectivity index (χ0v) is 9.04. The largest absolute Gasteiger partial charge is 0.481 e. The molecule has 1 aliphatic heterocycles. The Labute approximate surface area is 96.9 Å². The van der Waals surface area contributed by atoms with Gasteiger partial charge in [0.05, 0.1) is 6.26 Å². The van der Waals surface area contributed by atoms with Gasteiger partial charge < -0.3 is 9.52 Å². The van der Waals surface area contributed by atoms with Crippen molar-refractivity contribution in [1.29, 1.82) is 0 Å². The van der Waals surface area contributed by atoms with Crippen LogP contribution in [-0.2, 0) is 11.3 Å². The van der Waals surface area contributed by atoms with E-state index in [1.165, 1.54) is 0 Å². The molecule has 0 fully saturated rings. The van der Waals surface area contributed by atoms with Gasteiger partial charge in [0.1, 0.15) is 11.7 Å². The van der Waals surface area contributed by atoms with Crippen LogP contribution in [0.3, 0.4) is 0 Å². The Kier molecular flexibility index (Phi) is 2.21. The highest BCUT2D eigenvalue weighted by molar-refractivity contribution is 5.75. The van der Waals surface area contributed by atoms with Crippen molar-refractivity contribution in [3.63, 3.8) is 0 Å². The van der Waals surface area contributed by atoms with Crippen LogP contribution in [0.1, 0.15) is 24.6 Å². The van der Waals surface area contributed by atoms with Crippen molar-refractivity contribution < 1.29 is 14.3 Å². The second-order valence-electron chi connectivity index (χ2n) is 4.03. The molecule has 3 rings (SSSR count). The number of carbonyl (C=O) groups is 1. The third kappa shape index (κ3) is 1.61. The van der Waals surface area contributed by atoms with E-state index in [1.54, 1.807) is 23.1 Å². The van der Waals surface area contributed by atoms with Crippen LogP contribution >= 0.6 is 0 Å². The first-order chi connectivity index (χ1) is 8.25. The predicted octanol–water partition coefficient (Wildman–Crippen LogP) is 1.50. The van der Waals surface area contributed by atoms with Crippen LogP contribution < -0.4 is 0 Å². The lowest BCUT2D eigenvalue weighted by molar-refractivity contribution is -0.139. The van der Waals surface area contributed by atoms with Crippen LogP contribution in [0, 0.1) is 0 Å². The highest BCUT2D eigenvalue weighted by Gasteiger charge is 2.30. The molecule has 6 heteroatoms. The van der Waals surface area contributed by atoms with E-state index in [4.69, 9.17) is 9.52 Å². The molecule has 2 aromatic heterocycles. The number of carboxylic acids is 1. The van der Waals surface area contributed by atoms with Crippen molar-refractivity contribution in [2.24, 2.45) is 0 Å². The molecule has 17 heavy (non-hydrogen) atoms. The van der Waals surface area contributed by atoms with Crippen molar-refractivity contribution in [1.82, 2.24) is 14.8 Å². The topological polar surface area (TPSA) is 81.1 Å². The second-order valence-corrected chi connectivity index (χ2v) is 4.03. The number of aliphatic carboxylic acids is 1. The van der Waals surface area contributed by atoms with E-state index in [1.807, 2.05) is 0 Å².